The highest BCUT2D eigenvalue weighted by Crippen LogP contribution is 2.32. The largest absolute Gasteiger partial charge is 0.508 e. The average molecular weight is 416 g/mol. The maximum absolute atomic E-state index is 12.4. The first-order valence-corrected chi connectivity index (χ1v) is 12.9. The zero-order valence-corrected chi connectivity index (χ0v) is 19.4. The minimum absolute atomic E-state index is 0.0828. The summed E-state index contributed by atoms with van der Waals surface area (Å²) in [5.41, 5.74) is 0. The molecule has 8 heteroatoms. The van der Waals surface area contributed by atoms with Crippen molar-refractivity contribution in [1.82, 2.24) is 5.32 Å². The highest BCUT2D eigenvalue weighted by Gasteiger charge is 2.49. The first kappa shape index (κ1) is 24.6. The Bertz CT molecular complexity index is 541. The lowest BCUT2D eigenvalue weighted by Crippen LogP contribution is -2.66. The van der Waals surface area contributed by atoms with Crippen LogP contribution in [0.25, 0.3) is 0 Å². The first-order valence-electron chi connectivity index (χ1n) is 10.4. The SMILES string of the molecule is CC[Si](CC)(CC)OC(C)C1C(=O)NC1[C@@H](C)C(=O)COC(=O)OCC(C)C. The van der Waals surface area contributed by atoms with Crippen LogP contribution in [0, 0.1) is 17.8 Å². The highest BCUT2D eigenvalue weighted by atomic mass is 28.4. The molecule has 3 unspecified atom stereocenters. The second kappa shape index (κ2) is 10.9. The second-order valence-corrected chi connectivity index (χ2v) is 12.8. The average Bonchev–Trinajstić information content (AvgIpc) is 2.65. The van der Waals surface area contributed by atoms with Crippen LogP contribution in [0.1, 0.15) is 48.5 Å². The number of nitrogens with one attached hydrogen (secondary N) is 1. The number of β-lactam (4-membered cyclic amide) rings is 1. The molecular weight excluding hydrogens is 378 g/mol. The first-order chi connectivity index (χ1) is 13.1. The molecule has 0 aromatic heterocycles. The smallest absolute Gasteiger partial charge is 0.434 e. The van der Waals surface area contributed by atoms with Crippen molar-refractivity contribution in [2.75, 3.05) is 13.2 Å². The highest BCUT2D eigenvalue weighted by molar-refractivity contribution is 6.73. The lowest BCUT2D eigenvalue weighted by atomic mass is 9.77. The third-order valence-electron chi connectivity index (χ3n) is 5.79. The third-order valence-corrected chi connectivity index (χ3v) is 10.5. The molecule has 1 rings (SSSR count). The van der Waals surface area contributed by atoms with E-state index in [1.807, 2.05) is 20.8 Å². The predicted octanol–water partition coefficient (Wildman–Crippen LogP) is 3.53. The molecule has 1 aliphatic heterocycles. The lowest BCUT2D eigenvalue weighted by Gasteiger charge is -2.45. The molecule has 1 fully saturated rings. The van der Waals surface area contributed by atoms with E-state index in [9.17, 15) is 14.4 Å². The van der Waals surface area contributed by atoms with Gasteiger partial charge in [-0.1, -0.05) is 41.5 Å². The van der Waals surface area contributed by atoms with Crippen LogP contribution in [0.3, 0.4) is 0 Å². The Morgan fingerprint density at radius 1 is 1.04 bits per heavy atom. The Kier molecular flexibility index (Phi) is 9.63. The number of hydrogen-bond donors (Lipinski definition) is 1. The Hall–Kier alpha value is -1.41. The maximum Gasteiger partial charge on any atom is 0.508 e. The van der Waals surface area contributed by atoms with Gasteiger partial charge in [-0.2, -0.15) is 0 Å². The monoisotopic (exact) mass is 415 g/mol. The number of rotatable bonds is 12. The Morgan fingerprint density at radius 3 is 2.07 bits per heavy atom. The van der Waals surface area contributed by atoms with Crippen molar-refractivity contribution in [3.8, 4) is 0 Å². The van der Waals surface area contributed by atoms with Gasteiger partial charge in [-0.3, -0.25) is 9.59 Å². The molecule has 4 atom stereocenters. The molecular formula is C20H37NO6Si. The molecule has 1 saturated heterocycles. The Balaban J connectivity index is 2.62. The van der Waals surface area contributed by atoms with Gasteiger partial charge in [0.15, 0.2) is 20.7 Å². The molecule has 0 aromatic carbocycles. The van der Waals surface area contributed by atoms with Gasteiger partial charge >= 0.3 is 6.16 Å². The summed E-state index contributed by atoms with van der Waals surface area (Å²) in [5, 5.41) is 2.83. The summed E-state index contributed by atoms with van der Waals surface area (Å²) in [5.74, 6) is -0.954. The lowest BCUT2D eigenvalue weighted by molar-refractivity contribution is -0.145. The van der Waals surface area contributed by atoms with Crippen LogP contribution in [-0.2, 0) is 23.5 Å². The number of hydrogen-bond acceptors (Lipinski definition) is 6. The topological polar surface area (TPSA) is 90.9 Å². The van der Waals surface area contributed by atoms with Crippen molar-refractivity contribution in [1.29, 1.82) is 0 Å². The molecule has 28 heavy (non-hydrogen) atoms. The van der Waals surface area contributed by atoms with Gasteiger partial charge < -0.3 is 19.2 Å². The van der Waals surface area contributed by atoms with Crippen molar-refractivity contribution in [2.45, 2.75) is 78.7 Å². The van der Waals surface area contributed by atoms with Gasteiger partial charge in [0, 0.05) is 5.92 Å². The predicted molar refractivity (Wildman–Crippen MR) is 109 cm³/mol. The molecule has 162 valence electrons. The summed E-state index contributed by atoms with van der Waals surface area (Å²) < 4.78 is 16.2. The molecule has 1 heterocycles. The van der Waals surface area contributed by atoms with E-state index in [2.05, 4.69) is 26.1 Å². The minimum Gasteiger partial charge on any atom is -0.434 e. The van der Waals surface area contributed by atoms with Crippen molar-refractivity contribution >= 4 is 26.2 Å². The summed E-state index contributed by atoms with van der Waals surface area (Å²) in [4.78, 5) is 36.1. The van der Waals surface area contributed by atoms with E-state index in [-0.39, 0.29) is 48.9 Å². The van der Waals surface area contributed by atoms with E-state index in [0.29, 0.717) is 0 Å². The normalized spacial score (nSPS) is 21.5. The molecule has 0 spiro atoms. The van der Waals surface area contributed by atoms with Gasteiger partial charge in [0.05, 0.1) is 24.7 Å². The number of ketones is 1. The van der Waals surface area contributed by atoms with Crippen LogP contribution in [0.5, 0.6) is 0 Å². The number of ether oxygens (including phenoxy) is 2. The van der Waals surface area contributed by atoms with Gasteiger partial charge in [-0.15, -0.1) is 0 Å². The van der Waals surface area contributed by atoms with E-state index in [4.69, 9.17) is 13.9 Å². The molecule has 1 N–H and O–H groups in total. The van der Waals surface area contributed by atoms with E-state index >= 15 is 0 Å². The van der Waals surface area contributed by atoms with Gasteiger partial charge in [0.25, 0.3) is 0 Å². The fraction of sp³-hybridized carbons (Fsp3) is 0.850. The van der Waals surface area contributed by atoms with Crippen molar-refractivity contribution < 1.29 is 28.3 Å². The number of Topliss-reactive ketones (excluding diaryl/α,β-unsaturated/α-hetero) is 1. The molecule has 0 aromatic rings. The van der Waals surface area contributed by atoms with Crippen LogP contribution in [-0.4, -0.2) is 51.5 Å². The van der Waals surface area contributed by atoms with Crippen LogP contribution in [0.15, 0.2) is 0 Å². The molecule has 0 saturated carbocycles. The van der Waals surface area contributed by atoms with Crippen molar-refractivity contribution in [2.24, 2.45) is 17.8 Å². The van der Waals surface area contributed by atoms with Crippen LogP contribution >= 0.6 is 0 Å². The molecule has 0 bridgehead atoms. The Morgan fingerprint density at radius 2 is 1.61 bits per heavy atom. The van der Waals surface area contributed by atoms with Gasteiger partial charge in [-0.05, 0) is 31.0 Å². The summed E-state index contributed by atoms with van der Waals surface area (Å²) in [6.07, 6.45) is -1.08. The van der Waals surface area contributed by atoms with Gasteiger partial charge in [-0.25, -0.2) is 4.79 Å². The van der Waals surface area contributed by atoms with E-state index in [0.717, 1.165) is 18.1 Å². The van der Waals surface area contributed by atoms with Crippen LogP contribution in [0.2, 0.25) is 18.1 Å². The minimum atomic E-state index is -1.85. The quantitative estimate of drug-likeness (QED) is 0.298. The van der Waals surface area contributed by atoms with Crippen molar-refractivity contribution in [3.05, 3.63) is 0 Å². The molecule has 1 aliphatic rings. The van der Waals surface area contributed by atoms with Crippen LogP contribution in [0.4, 0.5) is 4.79 Å². The van der Waals surface area contributed by atoms with E-state index in [1.165, 1.54) is 0 Å². The molecule has 0 aliphatic carbocycles. The summed E-state index contributed by atoms with van der Waals surface area (Å²) in [7, 11) is -1.85. The zero-order chi connectivity index (χ0) is 21.5. The summed E-state index contributed by atoms with van der Waals surface area (Å²) >= 11 is 0. The third kappa shape index (κ3) is 6.30. The fourth-order valence-corrected chi connectivity index (χ4v) is 6.50. The number of carbonyl (C=O) groups is 3. The van der Waals surface area contributed by atoms with E-state index < -0.39 is 20.4 Å². The summed E-state index contributed by atoms with van der Waals surface area (Å²) in [6, 6.07) is 2.71. The van der Waals surface area contributed by atoms with E-state index in [1.54, 1.807) is 6.92 Å². The molecule has 7 nitrogen and oxygen atoms in total. The van der Waals surface area contributed by atoms with Crippen LogP contribution < -0.4 is 5.32 Å². The second-order valence-electron chi connectivity index (χ2n) is 8.13. The standard InChI is InChI=1S/C20H37NO6Si/c1-8-28(9-2,10-3)27-15(7)17-18(21-19(17)23)14(6)16(22)12-26-20(24)25-11-13(4)5/h13-15,17-18H,8-12H2,1-7H3,(H,21,23)/t14-,15?,17?,18?/m0/s1. The fourth-order valence-electron chi connectivity index (χ4n) is 3.56. The number of carbonyl (C=O) groups excluding carboxylic acids is 3. The van der Waals surface area contributed by atoms with Gasteiger partial charge in [0.1, 0.15) is 0 Å². The maximum atomic E-state index is 12.4. The van der Waals surface area contributed by atoms with Crippen molar-refractivity contribution in [3.63, 3.8) is 0 Å². The molecule has 1 amide bonds. The molecule has 0 radical (unpaired) electrons. The summed E-state index contributed by atoms with van der Waals surface area (Å²) in [6.45, 7) is 13.8. The number of amides is 1. The zero-order valence-electron chi connectivity index (χ0n) is 18.4. The van der Waals surface area contributed by atoms with Gasteiger partial charge in [0.2, 0.25) is 5.91 Å². The Labute approximate surface area is 170 Å².